The van der Waals surface area contributed by atoms with E-state index in [9.17, 15) is 9.90 Å². The van der Waals surface area contributed by atoms with Crippen molar-refractivity contribution >= 4 is 22.6 Å². The van der Waals surface area contributed by atoms with Gasteiger partial charge in [-0.1, -0.05) is 56.3 Å². The van der Waals surface area contributed by atoms with Crippen molar-refractivity contribution in [2.75, 3.05) is 38.5 Å². The molecule has 0 spiro atoms. The van der Waals surface area contributed by atoms with Gasteiger partial charge in [-0.2, -0.15) is 0 Å². The zero-order valence-corrected chi connectivity index (χ0v) is 24.4. The summed E-state index contributed by atoms with van der Waals surface area (Å²) in [6.07, 6.45) is 0. The number of phenolic OH excluding ortho intramolecular Hbond substituents is 1. The predicted molar refractivity (Wildman–Crippen MR) is 170 cm³/mol. The number of anilines is 1. The summed E-state index contributed by atoms with van der Waals surface area (Å²) in [5.74, 6) is 0.978. The summed E-state index contributed by atoms with van der Waals surface area (Å²) in [5, 5.41) is 13.7. The van der Waals surface area contributed by atoms with Crippen molar-refractivity contribution in [2.45, 2.75) is 26.3 Å². The maximum atomic E-state index is 13.1. The third-order valence-corrected chi connectivity index (χ3v) is 8.12. The number of aromatic hydroxyl groups is 1. The third kappa shape index (κ3) is 6.08. The largest absolute Gasteiger partial charge is 0.507 e. The molecule has 1 amide bonds. The lowest BCUT2D eigenvalue weighted by atomic mass is 9.97. The van der Waals surface area contributed by atoms with Crippen LogP contribution in [0.25, 0.3) is 33.5 Å². The van der Waals surface area contributed by atoms with Crippen molar-refractivity contribution in [3.63, 3.8) is 0 Å². The Bertz CT molecular complexity index is 1700. The van der Waals surface area contributed by atoms with Gasteiger partial charge in [-0.05, 0) is 77.7 Å². The van der Waals surface area contributed by atoms with Crippen LogP contribution in [0.4, 0.5) is 5.69 Å². The lowest BCUT2D eigenvalue weighted by Crippen LogP contribution is -2.43. The van der Waals surface area contributed by atoms with E-state index in [2.05, 4.69) is 77.4 Å². The molecular weight excluding hydrogens is 522 g/mol. The van der Waals surface area contributed by atoms with Gasteiger partial charge in [-0.25, -0.2) is 4.98 Å². The summed E-state index contributed by atoms with van der Waals surface area (Å²) in [6, 6.07) is 27.5. The average molecular weight is 560 g/mol. The van der Waals surface area contributed by atoms with Gasteiger partial charge in [0.1, 0.15) is 11.6 Å². The number of fused-ring (bicyclic) bond motifs is 1. The maximum Gasteiger partial charge on any atom is 0.255 e. The number of aromatic nitrogens is 2. The zero-order valence-electron chi connectivity index (χ0n) is 24.4. The van der Waals surface area contributed by atoms with Gasteiger partial charge >= 0.3 is 0 Å². The van der Waals surface area contributed by atoms with Crippen LogP contribution in [0.5, 0.6) is 5.75 Å². The summed E-state index contributed by atoms with van der Waals surface area (Å²) < 4.78 is 0. The van der Waals surface area contributed by atoms with Crippen LogP contribution in [0.1, 0.15) is 41.3 Å². The first-order chi connectivity index (χ1) is 20.3. The molecule has 0 aliphatic carbocycles. The second-order valence-corrected chi connectivity index (χ2v) is 11.6. The van der Waals surface area contributed by atoms with Crippen molar-refractivity contribution < 1.29 is 9.90 Å². The van der Waals surface area contributed by atoms with E-state index in [-0.39, 0.29) is 11.7 Å². The van der Waals surface area contributed by atoms with E-state index >= 15 is 0 Å². The number of likely N-dealkylation sites (N-methyl/N-ethyl adjacent to an activating group) is 1. The van der Waals surface area contributed by atoms with Crippen molar-refractivity contribution in [1.29, 1.82) is 0 Å². The van der Waals surface area contributed by atoms with Crippen LogP contribution < -0.4 is 5.32 Å². The summed E-state index contributed by atoms with van der Waals surface area (Å²) in [7, 11) is 2.16. The molecule has 4 aromatic carbocycles. The molecule has 42 heavy (non-hydrogen) atoms. The standard InChI is InChI=1S/C35H37N5O2/c1-23(2)25-6-8-26(9-7-25)27-11-15-33(41)30(20-27)34-37-31-14-10-28(21-32(31)38-34)35(42)36-29-12-4-24(5-13-29)22-40-18-16-39(3)17-19-40/h4-15,20-21,23,41H,16-19,22H2,1-3H3,(H,36,42)(H,37,38). The highest BCUT2D eigenvalue weighted by molar-refractivity contribution is 6.06. The Morgan fingerprint density at radius 3 is 2.33 bits per heavy atom. The summed E-state index contributed by atoms with van der Waals surface area (Å²) >= 11 is 0. The first kappa shape index (κ1) is 27.7. The predicted octanol–water partition coefficient (Wildman–Crippen LogP) is 6.73. The third-order valence-electron chi connectivity index (χ3n) is 8.12. The molecule has 1 aliphatic rings. The fourth-order valence-corrected chi connectivity index (χ4v) is 5.41. The molecule has 3 N–H and O–H groups in total. The first-order valence-electron chi connectivity index (χ1n) is 14.6. The Balaban J connectivity index is 1.16. The van der Waals surface area contributed by atoms with Gasteiger partial charge in [-0.3, -0.25) is 9.69 Å². The van der Waals surface area contributed by atoms with Crippen molar-refractivity contribution in [3.05, 3.63) is 102 Å². The number of rotatable bonds is 7. The quantitative estimate of drug-likeness (QED) is 0.206. The number of piperazine rings is 1. The number of nitrogens with zero attached hydrogens (tertiary/aromatic N) is 3. The molecule has 5 aromatic rings. The molecule has 2 heterocycles. The van der Waals surface area contributed by atoms with Gasteiger partial charge in [0.05, 0.1) is 16.6 Å². The van der Waals surface area contributed by atoms with Crippen LogP contribution in [0, 0.1) is 0 Å². The molecular formula is C35H37N5O2. The second-order valence-electron chi connectivity index (χ2n) is 11.6. The molecule has 7 heteroatoms. The first-order valence-corrected chi connectivity index (χ1v) is 14.6. The monoisotopic (exact) mass is 559 g/mol. The average Bonchev–Trinajstić information content (AvgIpc) is 3.43. The maximum absolute atomic E-state index is 13.1. The van der Waals surface area contributed by atoms with Gasteiger partial charge in [-0.15, -0.1) is 0 Å². The van der Waals surface area contributed by atoms with Crippen LogP contribution in [0.2, 0.25) is 0 Å². The van der Waals surface area contributed by atoms with E-state index in [1.807, 2.05) is 30.3 Å². The number of hydrogen-bond donors (Lipinski definition) is 3. The number of nitrogens with one attached hydrogen (secondary N) is 2. The number of H-pyrrole nitrogens is 1. The molecule has 1 fully saturated rings. The molecule has 6 rings (SSSR count). The number of imidazole rings is 1. The van der Waals surface area contributed by atoms with E-state index in [1.165, 1.54) is 11.1 Å². The van der Waals surface area contributed by atoms with Crippen molar-refractivity contribution in [3.8, 4) is 28.3 Å². The molecule has 7 nitrogen and oxygen atoms in total. The van der Waals surface area contributed by atoms with Crippen LogP contribution >= 0.6 is 0 Å². The van der Waals surface area contributed by atoms with Crippen molar-refractivity contribution in [2.24, 2.45) is 0 Å². The fourth-order valence-electron chi connectivity index (χ4n) is 5.41. The Morgan fingerprint density at radius 1 is 0.905 bits per heavy atom. The van der Waals surface area contributed by atoms with E-state index in [0.29, 0.717) is 22.9 Å². The molecule has 0 radical (unpaired) electrons. The zero-order chi connectivity index (χ0) is 29.2. The van der Waals surface area contributed by atoms with Crippen LogP contribution in [0.15, 0.2) is 84.9 Å². The Hall–Kier alpha value is -4.46. The number of carbonyl (C=O) groups is 1. The fraction of sp³-hybridized carbons (Fsp3) is 0.257. The molecule has 214 valence electrons. The van der Waals surface area contributed by atoms with E-state index in [0.717, 1.165) is 60.6 Å². The smallest absolute Gasteiger partial charge is 0.255 e. The molecule has 1 aliphatic heterocycles. The lowest BCUT2D eigenvalue weighted by Gasteiger charge is -2.32. The topological polar surface area (TPSA) is 84.5 Å². The van der Waals surface area contributed by atoms with Crippen LogP contribution in [-0.4, -0.2) is 64.0 Å². The Kier molecular flexibility index (Phi) is 7.78. The van der Waals surface area contributed by atoms with E-state index < -0.39 is 0 Å². The van der Waals surface area contributed by atoms with E-state index in [4.69, 9.17) is 4.98 Å². The minimum absolute atomic E-state index is 0.144. The number of amides is 1. The summed E-state index contributed by atoms with van der Waals surface area (Å²) in [5.41, 5.74) is 7.94. The van der Waals surface area contributed by atoms with Crippen LogP contribution in [0.3, 0.4) is 0 Å². The van der Waals surface area contributed by atoms with E-state index in [1.54, 1.807) is 18.2 Å². The molecule has 1 aromatic heterocycles. The van der Waals surface area contributed by atoms with Gasteiger partial charge < -0.3 is 20.3 Å². The number of aromatic amines is 1. The molecule has 0 unspecified atom stereocenters. The number of phenols is 1. The highest BCUT2D eigenvalue weighted by Gasteiger charge is 2.16. The van der Waals surface area contributed by atoms with Crippen molar-refractivity contribution in [1.82, 2.24) is 19.8 Å². The number of benzene rings is 4. The minimum atomic E-state index is -0.186. The summed E-state index contributed by atoms with van der Waals surface area (Å²) in [6.45, 7) is 9.61. The molecule has 0 bridgehead atoms. The summed E-state index contributed by atoms with van der Waals surface area (Å²) in [4.78, 5) is 25.9. The number of carbonyl (C=O) groups excluding carboxylic acids is 1. The number of hydrogen-bond acceptors (Lipinski definition) is 5. The Labute approximate surface area is 246 Å². The minimum Gasteiger partial charge on any atom is -0.507 e. The highest BCUT2D eigenvalue weighted by atomic mass is 16.3. The van der Waals surface area contributed by atoms with Gasteiger partial charge in [0.2, 0.25) is 0 Å². The highest BCUT2D eigenvalue weighted by Crippen LogP contribution is 2.34. The SMILES string of the molecule is CC(C)c1ccc(-c2ccc(O)c(-c3nc4ccc(C(=O)Nc5ccc(CN6CCN(C)CC6)cc5)cc4[nH]3)c2)cc1. The van der Waals surface area contributed by atoms with Gasteiger partial charge in [0.15, 0.2) is 0 Å². The second kappa shape index (κ2) is 11.8. The molecule has 0 atom stereocenters. The molecule has 0 saturated carbocycles. The normalized spacial score (nSPS) is 14.5. The van der Waals surface area contributed by atoms with Gasteiger partial charge in [0.25, 0.3) is 5.91 Å². The van der Waals surface area contributed by atoms with Gasteiger partial charge in [0, 0.05) is 44.0 Å². The Morgan fingerprint density at radius 2 is 1.62 bits per heavy atom. The molecule has 1 saturated heterocycles. The lowest BCUT2D eigenvalue weighted by molar-refractivity contribution is 0.102. The van der Waals surface area contributed by atoms with Crippen LogP contribution in [-0.2, 0) is 6.54 Å².